The van der Waals surface area contributed by atoms with Crippen LogP contribution in [0.2, 0.25) is 0 Å². The van der Waals surface area contributed by atoms with Gasteiger partial charge in [-0.05, 0) is 30.8 Å². The fraction of sp³-hybridized carbons (Fsp3) is 0.353. The van der Waals surface area contributed by atoms with E-state index < -0.39 is 0 Å². The highest BCUT2D eigenvalue weighted by molar-refractivity contribution is 5.49. The van der Waals surface area contributed by atoms with Crippen LogP contribution >= 0.6 is 0 Å². The molecule has 4 heteroatoms. The Morgan fingerprint density at radius 2 is 1.86 bits per heavy atom. The van der Waals surface area contributed by atoms with Crippen molar-refractivity contribution in [2.75, 3.05) is 20.3 Å². The number of likely N-dealkylation sites (N-methyl/N-ethyl adjacent to an activating group) is 1. The predicted octanol–water partition coefficient (Wildman–Crippen LogP) is 2.92. The average molecular weight is 284 g/mol. The van der Waals surface area contributed by atoms with Crippen LogP contribution in [0.1, 0.15) is 30.0 Å². The molecule has 0 saturated carbocycles. The van der Waals surface area contributed by atoms with Crippen LogP contribution in [0.15, 0.2) is 42.7 Å². The zero-order valence-corrected chi connectivity index (χ0v) is 12.4. The maximum absolute atomic E-state index is 5.85. The molecule has 3 rings (SSSR count). The van der Waals surface area contributed by atoms with Crippen LogP contribution in [0.4, 0.5) is 0 Å². The highest BCUT2D eigenvalue weighted by Crippen LogP contribution is 2.41. The molecule has 0 bridgehead atoms. The minimum atomic E-state index is 0.157. The van der Waals surface area contributed by atoms with Crippen LogP contribution in [0.25, 0.3) is 0 Å². The molecule has 1 N–H and O–H groups in total. The first-order valence-electron chi connectivity index (χ1n) is 7.27. The number of nitrogens with one attached hydrogen (secondary N) is 1. The molecule has 1 aliphatic heterocycles. The SMILES string of the molecule is CNC(c1cccc2c1OCCO2)C(C)c1ccncc1. The molecule has 2 heterocycles. The second-order valence-electron chi connectivity index (χ2n) is 5.21. The molecule has 0 spiro atoms. The standard InChI is InChI=1S/C17H20N2O2/c1-12(13-6-8-19-9-7-13)16(18-2)14-4-3-5-15-17(14)21-11-10-20-15/h3-9,12,16,18H,10-11H2,1-2H3. The van der Waals surface area contributed by atoms with Gasteiger partial charge in [0.15, 0.2) is 11.5 Å². The van der Waals surface area contributed by atoms with Crippen molar-refractivity contribution in [1.82, 2.24) is 10.3 Å². The number of nitrogens with zero attached hydrogens (tertiary/aromatic N) is 1. The Kier molecular flexibility index (Phi) is 4.06. The molecule has 0 aliphatic carbocycles. The van der Waals surface area contributed by atoms with Gasteiger partial charge in [-0.25, -0.2) is 0 Å². The van der Waals surface area contributed by atoms with Gasteiger partial charge in [0.2, 0.25) is 0 Å². The number of benzene rings is 1. The first kappa shape index (κ1) is 13.9. The normalized spacial score (nSPS) is 16.3. The lowest BCUT2D eigenvalue weighted by Gasteiger charge is -2.29. The maximum atomic E-state index is 5.85. The van der Waals surface area contributed by atoms with E-state index in [0.29, 0.717) is 19.1 Å². The number of ether oxygens (including phenoxy) is 2. The Morgan fingerprint density at radius 3 is 2.62 bits per heavy atom. The third-order valence-corrected chi connectivity index (χ3v) is 3.97. The molecule has 2 atom stereocenters. The van der Waals surface area contributed by atoms with E-state index >= 15 is 0 Å². The van der Waals surface area contributed by atoms with Crippen molar-refractivity contribution < 1.29 is 9.47 Å². The summed E-state index contributed by atoms with van der Waals surface area (Å²) in [4.78, 5) is 4.09. The van der Waals surface area contributed by atoms with Crippen LogP contribution in [0, 0.1) is 0 Å². The fourth-order valence-corrected chi connectivity index (χ4v) is 2.88. The molecule has 0 amide bonds. The van der Waals surface area contributed by atoms with Gasteiger partial charge in [0, 0.05) is 29.9 Å². The molecule has 1 aliphatic rings. The Hall–Kier alpha value is -2.07. The molecular formula is C17H20N2O2. The number of fused-ring (bicyclic) bond motifs is 1. The van der Waals surface area contributed by atoms with E-state index in [4.69, 9.17) is 9.47 Å². The van der Waals surface area contributed by atoms with Crippen molar-refractivity contribution in [3.8, 4) is 11.5 Å². The van der Waals surface area contributed by atoms with Crippen molar-refractivity contribution >= 4 is 0 Å². The van der Waals surface area contributed by atoms with Crippen LogP contribution in [0.5, 0.6) is 11.5 Å². The summed E-state index contributed by atoms with van der Waals surface area (Å²) in [6.45, 7) is 3.42. The first-order valence-corrected chi connectivity index (χ1v) is 7.27. The molecular weight excluding hydrogens is 264 g/mol. The third kappa shape index (κ3) is 2.72. The average Bonchev–Trinajstić information content (AvgIpc) is 2.56. The highest BCUT2D eigenvalue weighted by atomic mass is 16.6. The van der Waals surface area contributed by atoms with E-state index in [1.54, 1.807) is 0 Å². The lowest BCUT2D eigenvalue weighted by molar-refractivity contribution is 0.168. The molecule has 110 valence electrons. The zero-order valence-electron chi connectivity index (χ0n) is 12.4. The van der Waals surface area contributed by atoms with Crippen LogP contribution < -0.4 is 14.8 Å². The van der Waals surface area contributed by atoms with E-state index in [9.17, 15) is 0 Å². The maximum Gasteiger partial charge on any atom is 0.166 e. The molecule has 21 heavy (non-hydrogen) atoms. The molecule has 1 aromatic carbocycles. The van der Waals surface area contributed by atoms with Crippen LogP contribution in [0.3, 0.4) is 0 Å². The van der Waals surface area contributed by atoms with Crippen LogP contribution in [-0.4, -0.2) is 25.2 Å². The highest BCUT2D eigenvalue weighted by Gasteiger charge is 2.25. The predicted molar refractivity (Wildman–Crippen MR) is 81.9 cm³/mol. The Labute approximate surface area is 125 Å². The van der Waals surface area contributed by atoms with E-state index in [2.05, 4.69) is 35.4 Å². The molecule has 0 saturated heterocycles. The minimum absolute atomic E-state index is 0.157. The summed E-state index contributed by atoms with van der Waals surface area (Å²) in [5, 5.41) is 3.41. The second kappa shape index (κ2) is 6.14. The van der Waals surface area contributed by atoms with Gasteiger partial charge >= 0.3 is 0 Å². The lowest BCUT2D eigenvalue weighted by atomic mass is 9.88. The largest absolute Gasteiger partial charge is 0.486 e. The summed E-state index contributed by atoms with van der Waals surface area (Å²) in [6.07, 6.45) is 3.66. The summed E-state index contributed by atoms with van der Waals surface area (Å²) < 4.78 is 11.5. The van der Waals surface area contributed by atoms with Gasteiger partial charge < -0.3 is 14.8 Å². The smallest absolute Gasteiger partial charge is 0.166 e. The van der Waals surface area contributed by atoms with Gasteiger partial charge in [-0.15, -0.1) is 0 Å². The number of aromatic nitrogens is 1. The van der Waals surface area contributed by atoms with Crippen molar-refractivity contribution in [2.24, 2.45) is 0 Å². The first-order chi connectivity index (χ1) is 10.3. The number of para-hydroxylation sites is 1. The van der Waals surface area contributed by atoms with Gasteiger partial charge in [-0.1, -0.05) is 19.1 Å². The summed E-state index contributed by atoms with van der Waals surface area (Å²) in [7, 11) is 1.98. The van der Waals surface area contributed by atoms with Gasteiger partial charge in [0.1, 0.15) is 13.2 Å². The van der Waals surface area contributed by atoms with E-state index in [1.807, 2.05) is 31.6 Å². The molecule has 1 aromatic heterocycles. The number of hydrogen-bond acceptors (Lipinski definition) is 4. The number of rotatable bonds is 4. The van der Waals surface area contributed by atoms with E-state index in [-0.39, 0.29) is 6.04 Å². The Balaban J connectivity index is 1.97. The Morgan fingerprint density at radius 1 is 1.10 bits per heavy atom. The van der Waals surface area contributed by atoms with Crippen LogP contribution in [-0.2, 0) is 0 Å². The topological polar surface area (TPSA) is 43.4 Å². The molecule has 2 unspecified atom stereocenters. The lowest BCUT2D eigenvalue weighted by Crippen LogP contribution is -2.25. The molecule has 4 nitrogen and oxygen atoms in total. The van der Waals surface area contributed by atoms with Gasteiger partial charge in [-0.3, -0.25) is 4.98 Å². The van der Waals surface area contributed by atoms with E-state index in [0.717, 1.165) is 17.1 Å². The summed E-state index contributed by atoms with van der Waals surface area (Å²) in [6, 6.07) is 10.4. The molecule has 2 aromatic rings. The zero-order chi connectivity index (χ0) is 14.7. The molecule has 0 fully saturated rings. The fourth-order valence-electron chi connectivity index (χ4n) is 2.88. The monoisotopic (exact) mass is 284 g/mol. The van der Waals surface area contributed by atoms with Gasteiger partial charge in [-0.2, -0.15) is 0 Å². The quantitative estimate of drug-likeness (QED) is 0.937. The third-order valence-electron chi connectivity index (χ3n) is 3.97. The van der Waals surface area contributed by atoms with Gasteiger partial charge in [0.25, 0.3) is 0 Å². The van der Waals surface area contributed by atoms with Crippen molar-refractivity contribution in [2.45, 2.75) is 18.9 Å². The van der Waals surface area contributed by atoms with E-state index in [1.165, 1.54) is 5.56 Å². The minimum Gasteiger partial charge on any atom is -0.486 e. The molecule has 0 radical (unpaired) electrons. The Bertz CT molecular complexity index is 601. The van der Waals surface area contributed by atoms with Gasteiger partial charge in [0.05, 0.1) is 0 Å². The summed E-state index contributed by atoms with van der Waals surface area (Å²) in [5.41, 5.74) is 2.39. The number of hydrogen-bond donors (Lipinski definition) is 1. The number of pyridine rings is 1. The summed E-state index contributed by atoms with van der Waals surface area (Å²) >= 11 is 0. The van der Waals surface area contributed by atoms with Crippen molar-refractivity contribution in [1.29, 1.82) is 0 Å². The van der Waals surface area contributed by atoms with Crippen molar-refractivity contribution in [3.05, 3.63) is 53.9 Å². The van der Waals surface area contributed by atoms with Crippen molar-refractivity contribution in [3.63, 3.8) is 0 Å². The summed E-state index contributed by atoms with van der Waals surface area (Å²) in [5.74, 6) is 2.00. The second-order valence-corrected chi connectivity index (χ2v) is 5.21.